The van der Waals surface area contributed by atoms with Crippen LogP contribution in [0, 0.1) is 0 Å². The minimum absolute atomic E-state index is 0.523. The van der Waals surface area contributed by atoms with Gasteiger partial charge in [-0.3, -0.25) is 0 Å². The second-order valence-corrected chi connectivity index (χ2v) is 8.94. The Kier molecular flexibility index (Phi) is 5.12. The first-order valence-electron chi connectivity index (χ1n) is 8.23. The maximum absolute atomic E-state index is 13.8. The summed E-state index contributed by atoms with van der Waals surface area (Å²) in [5, 5.41) is 5.49. The number of hydrogen-bond donors (Lipinski definition) is 1. The molecule has 0 unspecified atom stereocenters. The molecule has 0 amide bonds. The lowest BCUT2D eigenvalue weighted by atomic mass is 9.96. The summed E-state index contributed by atoms with van der Waals surface area (Å²) in [7, 11) is -2.60. The van der Waals surface area contributed by atoms with E-state index in [9.17, 15) is 4.57 Å². The minimum atomic E-state index is -2.60. The van der Waals surface area contributed by atoms with Crippen molar-refractivity contribution in [2.45, 2.75) is 38.1 Å². The second-order valence-electron chi connectivity index (χ2n) is 6.11. The molecule has 116 valence electrons. The molecule has 0 radical (unpaired) electrons. The van der Waals surface area contributed by atoms with E-state index in [0.717, 1.165) is 10.6 Å². The molecule has 0 bridgehead atoms. The minimum Gasteiger partial charge on any atom is -0.312 e. The molecule has 1 saturated carbocycles. The van der Waals surface area contributed by atoms with Gasteiger partial charge in [-0.2, -0.15) is 0 Å². The van der Waals surface area contributed by atoms with Crippen molar-refractivity contribution < 1.29 is 4.57 Å². The third-order valence-electron chi connectivity index (χ3n) is 4.55. The van der Waals surface area contributed by atoms with E-state index in [4.69, 9.17) is 0 Å². The zero-order valence-electron chi connectivity index (χ0n) is 12.9. The van der Waals surface area contributed by atoms with Crippen LogP contribution in [0.15, 0.2) is 60.7 Å². The van der Waals surface area contributed by atoms with Crippen LogP contribution in [0.1, 0.15) is 32.1 Å². The van der Waals surface area contributed by atoms with Gasteiger partial charge in [0.15, 0.2) is 7.14 Å². The predicted octanol–water partition coefficient (Wildman–Crippen LogP) is 3.88. The van der Waals surface area contributed by atoms with Crippen LogP contribution < -0.4 is 15.9 Å². The van der Waals surface area contributed by atoms with Crippen molar-refractivity contribution in [1.29, 1.82) is 0 Å². The second kappa shape index (κ2) is 7.26. The molecule has 2 aromatic rings. The molecule has 1 aliphatic carbocycles. The van der Waals surface area contributed by atoms with Crippen LogP contribution >= 0.6 is 7.14 Å². The summed E-state index contributed by atoms with van der Waals surface area (Å²) in [6.45, 7) is 0. The van der Waals surface area contributed by atoms with Gasteiger partial charge in [-0.25, -0.2) is 0 Å². The summed E-state index contributed by atoms with van der Waals surface area (Å²) in [5.41, 5.74) is 0. The number of rotatable bonds is 5. The van der Waals surface area contributed by atoms with E-state index in [1.54, 1.807) is 0 Å². The largest absolute Gasteiger partial charge is 0.312 e. The first-order chi connectivity index (χ1) is 10.8. The van der Waals surface area contributed by atoms with E-state index >= 15 is 0 Å². The Labute approximate surface area is 133 Å². The van der Waals surface area contributed by atoms with Crippen LogP contribution in [0.5, 0.6) is 0 Å². The molecule has 2 nitrogen and oxygen atoms in total. The van der Waals surface area contributed by atoms with E-state index in [2.05, 4.69) is 5.32 Å². The quantitative estimate of drug-likeness (QED) is 0.849. The first kappa shape index (κ1) is 15.5. The molecule has 3 rings (SSSR count). The molecule has 1 aliphatic rings. The lowest BCUT2D eigenvalue weighted by molar-refractivity contribution is 0.388. The first-order valence-corrected chi connectivity index (χ1v) is 10.1. The Hall–Kier alpha value is -1.37. The third-order valence-corrected chi connectivity index (χ3v) is 7.45. The maximum atomic E-state index is 13.8. The lowest BCUT2D eigenvalue weighted by Crippen LogP contribution is -2.35. The molecule has 0 spiro atoms. The van der Waals surface area contributed by atoms with E-state index in [1.165, 1.54) is 32.1 Å². The van der Waals surface area contributed by atoms with Gasteiger partial charge in [0.2, 0.25) is 0 Å². The SMILES string of the molecule is O=P(CNC1CCCCC1)(c1ccccc1)c1ccccc1. The van der Waals surface area contributed by atoms with Gasteiger partial charge < -0.3 is 9.88 Å². The van der Waals surface area contributed by atoms with Gasteiger partial charge in [0.05, 0.1) is 6.29 Å². The molecule has 0 aliphatic heterocycles. The maximum Gasteiger partial charge on any atom is 0.156 e. The van der Waals surface area contributed by atoms with Crippen LogP contribution in [-0.2, 0) is 4.57 Å². The molecule has 1 N–H and O–H groups in total. The molecule has 0 saturated heterocycles. The highest BCUT2D eigenvalue weighted by atomic mass is 31.2. The zero-order valence-corrected chi connectivity index (χ0v) is 13.8. The molecule has 0 heterocycles. The van der Waals surface area contributed by atoms with E-state index in [-0.39, 0.29) is 0 Å². The molecule has 22 heavy (non-hydrogen) atoms. The summed E-state index contributed by atoms with van der Waals surface area (Å²) >= 11 is 0. The van der Waals surface area contributed by atoms with Crippen LogP contribution in [0.2, 0.25) is 0 Å². The molecule has 3 heteroatoms. The average molecular weight is 313 g/mol. The van der Waals surface area contributed by atoms with Gasteiger partial charge in [0.25, 0.3) is 0 Å². The third kappa shape index (κ3) is 3.51. The fourth-order valence-electron chi connectivity index (χ4n) is 3.23. The Morgan fingerprint density at radius 2 is 1.32 bits per heavy atom. The summed E-state index contributed by atoms with van der Waals surface area (Å²) in [6.07, 6.45) is 6.91. The van der Waals surface area contributed by atoms with Crippen LogP contribution in [-0.4, -0.2) is 12.3 Å². The van der Waals surface area contributed by atoms with Gasteiger partial charge in [0.1, 0.15) is 0 Å². The van der Waals surface area contributed by atoms with Gasteiger partial charge in [-0.1, -0.05) is 79.9 Å². The van der Waals surface area contributed by atoms with Crippen molar-refractivity contribution in [3.05, 3.63) is 60.7 Å². The van der Waals surface area contributed by atoms with E-state index in [1.807, 2.05) is 60.7 Å². The highest BCUT2D eigenvalue weighted by Gasteiger charge is 2.28. The summed E-state index contributed by atoms with van der Waals surface area (Å²) in [6, 6.07) is 20.4. The number of hydrogen-bond acceptors (Lipinski definition) is 2. The number of benzene rings is 2. The van der Waals surface area contributed by atoms with Crippen molar-refractivity contribution in [1.82, 2.24) is 5.32 Å². The molecule has 0 aromatic heterocycles. The highest BCUT2D eigenvalue weighted by Crippen LogP contribution is 2.42. The summed E-state index contributed by atoms with van der Waals surface area (Å²) in [4.78, 5) is 0. The fourth-order valence-corrected chi connectivity index (χ4v) is 5.72. The predicted molar refractivity (Wildman–Crippen MR) is 94.6 cm³/mol. The average Bonchev–Trinajstić information content (AvgIpc) is 2.62. The van der Waals surface area contributed by atoms with Crippen molar-refractivity contribution >= 4 is 17.8 Å². The molecule has 2 aromatic carbocycles. The van der Waals surface area contributed by atoms with Crippen LogP contribution in [0.25, 0.3) is 0 Å². The van der Waals surface area contributed by atoms with E-state index in [0.29, 0.717) is 12.3 Å². The summed E-state index contributed by atoms with van der Waals surface area (Å²) in [5.74, 6) is 0. The normalized spacial score (nSPS) is 16.5. The molecule has 1 fully saturated rings. The van der Waals surface area contributed by atoms with Crippen molar-refractivity contribution in [2.24, 2.45) is 0 Å². The van der Waals surface area contributed by atoms with Crippen LogP contribution in [0.3, 0.4) is 0 Å². The fraction of sp³-hybridized carbons (Fsp3) is 0.368. The Morgan fingerprint density at radius 1 is 0.818 bits per heavy atom. The molecule has 0 atom stereocenters. The highest BCUT2D eigenvalue weighted by molar-refractivity contribution is 7.78. The smallest absolute Gasteiger partial charge is 0.156 e. The van der Waals surface area contributed by atoms with Gasteiger partial charge in [-0.05, 0) is 12.8 Å². The van der Waals surface area contributed by atoms with Gasteiger partial charge in [-0.15, -0.1) is 0 Å². The molecular weight excluding hydrogens is 289 g/mol. The Morgan fingerprint density at radius 3 is 1.82 bits per heavy atom. The standard InChI is InChI=1S/C19H24NOP/c21-22(18-12-6-2-7-13-18,19-14-8-3-9-15-19)16-20-17-10-4-1-5-11-17/h2-3,6-9,12-15,17,20H,1,4-5,10-11,16H2. The van der Waals surface area contributed by atoms with Crippen LogP contribution in [0.4, 0.5) is 0 Å². The van der Waals surface area contributed by atoms with Crippen molar-refractivity contribution in [2.75, 3.05) is 6.29 Å². The topological polar surface area (TPSA) is 29.1 Å². The van der Waals surface area contributed by atoms with Gasteiger partial charge in [0, 0.05) is 16.7 Å². The van der Waals surface area contributed by atoms with E-state index < -0.39 is 7.14 Å². The zero-order chi connectivity index (χ0) is 15.3. The monoisotopic (exact) mass is 313 g/mol. The van der Waals surface area contributed by atoms with Gasteiger partial charge >= 0.3 is 0 Å². The lowest BCUT2D eigenvalue weighted by Gasteiger charge is -2.26. The van der Waals surface area contributed by atoms with Crippen molar-refractivity contribution in [3.8, 4) is 0 Å². The number of nitrogens with one attached hydrogen (secondary N) is 1. The Balaban J connectivity index is 1.85. The summed E-state index contributed by atoms with van der Waals surface area (Å²) < 4.78 is 13.8. The Bertz CT molecular complexity index is 577. The van der Waals surface area contributed by atoms with Crippen molar-refractivity contribution in [3.63, 3.8) is 0 Å². The molecular formula is C19H24NOP.